The van der Waals surface area contributed by atoms with Crippen LogP contribution in [0.2, 0.25) is 0 Å². The molecule has 4 aromatic rings. The highest BCUT2D eigenvalue weighted by atomic mass is 79.9. The van der Waals surface area contributed by atoms with E-state index in [1.165, 1.54) is 4.52 Å². The number of anilines is 2. The third-order valence-corrected chi connectivity index (χ3v) is 5.51. The van der Waals surface area contributed by atoms with E-state index in [0.29, 0.717) is 23.3 Å². The number of piperazine rings is 1. The molecule has 0 unspecified atom stereocenters. The second kappa shape index (κ2) is 7.12. The zero-order chi connectivity index (χ0) is 20.0. The van der Waals surface area contributed by atoms with Crippen molar-refractivity contribution in [3.63, 3.8) is 0 Å². The zero-order valence-electron chi connectivity index (χ0n) is 15.7. The molecule has 0 bridgehead atoms. The van der Waals surface area contributed by atoms with Crippen molar-refractivity contribution < 1.29 is 4.42 Å². The van der Waals surface area contributed by atoms with E-state index in [9.17, 15) is 0 Å². The number of rotatable bonds is 4. The molecule has 5 heterocycles. The van der Waals surface area contributed by atoms with Crippen LogP contribution in [0.5, 0.6) is 0 Å². The number of aromatic nitrogens is 7. The van der Waals surface area contributed by atoms with Gasteiger partial charge >= 0.3 is 0 Å². The van der Waals surface area contributed by atoms with Gasteiger partial charge in [-0.3, -0.25) is 9.58 Å². The van der Waals surface area contributed by atoms with Crippen molar-refractivity contribution in [3.05, 3.63) is 34.8 Å². The van der Waals surface area contributed by atoms with Gasteiger partial charge in [-0.25, -0.2) is 0 Å². The van der Waals surface area contributed by atoms with Gasteiger partial charge in [-0.1, -0.05) is 0 Å². The quantitative estimate of drug-likeness (QED) is 0.480. The van der Waals surface area contributed by atoms with Crippen LogP contribution in [0, 0.1) is 0 Å². The number of halogens is 1. The fourth-order valence-corrected chi connectivity index (χ4v) is 3.88. The zero-order valence-corrected chi connectivity index (χ0v) is 17.3. The predicted octanol–water partition coefficient (Wildman–Crippen LogP) is 1.18. The topological polar surface area (TPSA) is 119 Å². The van der Waals surface area contributed by atoms with E-state index in [4.69, 9.17) is 10.2 Å². The third kappa shape index (κ3) is 3.44. The largest absolute Gasteiger partial charge is 0.461 e. The average molecular weight is 459 g/mol. The second-order valence-corrected chi connectivity index (χ2v) is 7.72. The van der Waals surface area contributed by atoms with Crippen LogP contribution >= 0.6 is 15.9 Å². The number of aryl methyl sites for hydroxylation is 1. The molecule has 29 heavy (non-hydrogen) atoms. The summed E-state index contributed by atoms with van der Waals surface area (Å²) in [6.45, 7) is 4.13. The Kier molecular flexibility index (Phi) is 4.43. The predicted molar refractivity (Wildman–Crippen MR) is 109 cm³/mol. The minimum Gasteiger partial charge on any atom is -0.461 e. The Morgan fingerprint density at radius 2 is 1.97 bits per heavy atom. The fourth-order valence-electron chi connectivity index (χ4n) is 3.38. The highest BCUT2D eigenvalue weighted by Gasteiger charge is 2.22. The maximum atomic E-state index is 6.10. The normalized spacial score (nSPS) is 15.4. The van der Waals surface area contributed by atoms with Crippen molar-refractivity contribution in [3.8, 4) is 11.6 Å². The van der Waals surface area contributed by atoms with Crippen LogP contribution in [0.3, 0.4) is 0 Å². The number of fused-ring (bicyclic) bond motifs is 1. The fraction of sp³-hybridized carbons (Fsp3) is 0.353. The van der Waals surface area contributed by atoms with Gasteiger partial charge in [-0.05, 0) is 28.1 Å². The van der Waals surface area contributed by atoms with E-state index in [2.05, 4.69) is 50.9 Å². The van der Waals surface area contributed by atoms with Gasteiger partial charge in [-0.2, -0.15) is 24.6 Å². The number of hydrogen-bond donors (Lipinski definition) is 1. The standard InChI is InChI=1S/C17H19BrN10O/c1-25-9-11(18)12(23-25)10-26-4-6-27(7-5-26)16-21-15(19)28-17(22-16)20-14(24-28)13-3-2-8-29-13/h2-3,8-9H,4-7,10H2,1H3,(H2,19,20,21,22,24). The van der Waals surface area contributed by atoms with Gasteiger partial charge in [-0.15, -0.1) is 5.10 Å². The molecule has 1 aliphatic heterocycles. The van der Waals surface area contributed by atoms with Crippen LogP contribution < -0.4 is 10.6 Å². The lowest BCUT2D eigenvalue weighted by atomic mass is 10.3. The van der Waals surface area contributed by atoms with Crippen molar-refractivity contribution in [2.75, 3.05) is 36.8 Å². The number of nitrogen functional groups attached to an aromatic ring is 1. The summed E-state index contributed by atoms with van der Waals surface area (Å²) in [5.41, 5.74) is 7.14. The van der Waals surface area contributed by atoms with E-state index in [1.54, 1.807) is 18.4 Å². The van der Waals surface area contributed by atoms with Gasteiger partial charge in [0.05, 0.1) is 16.4 Å². The molecule has 12 heteroatoms. The lowest BCUT2D eigenvalue weighted by Crippen LogP contribution is -2.46. The third-order valence-electron chi connectivity index (χ3n) is 4.85. The van der Waals surface area contributed by atoms with Gasteiger partial charge in [0.25, 0.3) is 5.78 Å². The van der Waals surface area contributed by atoms with E-state index in [1.807, 2.05) is 17.9 Å². The summed E-state index contributed by atoms with van der Waals surface area (Å²) in [6, 6.07) is 3.57. The van der Waals surface area contributed by atoms with E-state index in [-0.39, 0.29) is 5.95 Å². The molecular formula is C17H19BrN10O. The summed E-state index contributed by atoms with van der Waals surface area (Å²) < 4.78 is 9.63. The molecular weight excluding hydrogens is 440 g/mol. The number of nitrogens with two attached hydrogens (primary N) is 1. The molecule has 0 aromatic carbocycles. The molecule has 1 fully saturated rings. The van der Waals surface area contributed by atoms with E-state index < -0.39 is 0 Å². The van der Waals surface area contributed by atoms with Gasteiger partial charge in [0.1, 0.15) is 0 Å². The second-order valence-electron chi connectivity index (χ2n) is 6.87. The van der Waals surface area contributed by atoms with Gasteiger partial charge in [0, 0.05) is 46.0 Å². The molecule has 0 saturated carbocycles. The maximum absolute atomic E-state index is 6.10. The highest BCUT2D eigenvalue weighted by molar-refractivity contribution is 9.10. The van der Waals surface area contributed by atoms with Gasteiger partial charge in [0.2, 0.25) is 17.7 Å². The number of furan rings is 1. The molecule has 2 N–H and O–H groups in total. The van der Waals surface area contributed by atoms with Gasteiger partial charge in [0.15, 0.2) is 5.76 Å². The van der Waals surface area contributed by atoms with Crippen LogP contribution in [-0.2, 0) is 13.6 Å². The Morgan fingerprint density at radius 3 is 2.66 bits per heavy atom. The number of hydrogen-bond acceptors (Lipinski definition) is 9. The Balaban J connectivity index is 1.32. The summed E-state index contributed by atoms with van der Waals surface area (Å²) in [6.07, 6.45) is 3.54. The summed E-state index contributed by atoms with van der Waals surface area (Å²) in [4.78, 5) is 17.9. The van der Waals surface area contributed by atoms with Crippen LogP contribution in [0.1, 0.15) is 5.69 Å². The van der Waals surface area contributed by atoms with Crippen LogP contribution in [0.4, 0.5) is 11.9 Å². The first kappa shape index (κ1) is 18.1. The van der Waals surface area contributed by atoms with Crippen molar-refractivity contribution in [1.82, 2.24) is 39.2 Å². The Labute approximate surface area is 174 Å². The van der Waals surface area contributed by atoms with Crippen LogP contribution in [-0.4, -0.2) is 65.4 Å². The van der Waals surface area contributed by atoms with Crippen LogP contribution in [0.15, 0.2) is 33.5 Å². The molecule has 1 aliphatic rings. The van der Waals surface area contributed by atoms with Crippen molar-refractivity contribution in [2.45, 2.75) is 6.54 Å². The SMILES string of the molecule is Cn1cc(Br)c(CN2CCN(c3nc(N)n4nc(-c5ccco5)nc4n3)CC2)n1. The summed E-state index contributed by atoms with van der Waals surface area (Å²) in [5, 5.41) is 8.83. The molecule has 0 atom stereocenters. The molecule has 11 nitrogen and oxygen atoms in total. The first-order valence-electron chi connectivity index (χ1n) is 9.16. The maximum Gasteiger partial charge on any atom is 0.259 e. The van der Waals surface area contributed by atoms with Crippen molar-refractivity contribution in [2.24, 2.45) is 7.05 Å². The Bertz CT molecular complexity index is 1140. The smallest absolute Gasteiger partial charge is 0.259 e. The number of nitrogens with zero attached hydrogens (tertiary/aromatic N) is 9. The monoisotopic (exact) mass is 458 g/mol. The average Bonchev–Trinajstić information content (AvgIpc) is 3.43. The summed E-state index contributed by atoms with van der Waals surface area (Å²) in [7, 11) is 1.92. The van der Waals surface area contributed by atoms with Crippen molar-refractivity contribution in [1.29, 1.82) is 0 Å². The first-order valence-corrected chi connectivity index (χ1v) is 9.95. The van der Waals surface area contributed by atoms with E-state index in [0.717, 1.165) is 42.9 Å². The minimum atomic E-state index is 0.246. The molecule has 0 amide bonds. The lowest BCUT2D eigenvalue weighted by molar-refractivity contribution is 0.245. The first-order chi connectivity index (χ1) is 14.1. The molecule has 4 aromatic heterocycles. The van der Waals surface area contributed by atoms with Gasteiger partial charge < -0.3 is 15.1 Å². The Morgan fingerprint density at radius 1 is 1.14 bits per heavy atom. The minimum absolute atomic E-state index is 0.246. The molecule has 0 radical (unpaired) electrons. The lowest BCUT2D eigenvalue weighted by Gasteiger charge is -2.34. The highest BCUT2D eigenvalue weighted by Crippen LogP contribution is 2.21. The summed E-state index contributed by atoms with van der Waals surface area (Å²) >= 11 is 3.56. The Hall–Kier alpha value is -2.99. The molecule has 0 aliphatic carbocycles. The molecule has 150 valence electrons. The molecule has 0 spiro atoms. The van der Waals surface area contributed by atoms with Crippen LogP contribution in [0.25, 0.3) is 17.4 Å². The van der Waals surface area contributed by atoms with Crippen molar-refractivity contribution >= 4 is 33.6 Å². The molecule has 5 rings (SSSR count). The summed E-state index contributed by atoms with van der Waals surface area (Å²) in [5.74, 6) is 2.20. The van der Waals surface area contributed by atoms with E-state index >= 15 is 0 Å². The molecule has 1 saturated heterocycles.